The minimum absolute atomic E-state index is 0.161. The zero-order chi connectivity index (χ0) is 14.7. The highest BCUT2D eigenvalue weighted by Gasteiger charge is 2.13. The Morgan fingerprint density at radius 2 is 1.62 bits per heavy atom. The normalized spacial score (nSPS) is 10.3. The second-order valence-electron chi connectivity index (χ2n) is 4.39. The van der Waals surface area contributed by atoms with Crippen LogP contribution in [0.2, 0.25) is 0 Å². The van der Waals surface area contributed by atoms with Crippen LogP contribution in [0.25, 0.3) is 10.8 Å². The number of fused-ring (bicyclic) bond motifs is 1. The first kappa shape index (κ1) is 12.9. The van der Waals surface area contributed by atoms with Crippen molar-refractivity contribution in [3.05, 3.63) is 70.6 Å². The van der Waals surface area contributed by atoms with Crippen LogP contribution in [0, 0.1) is 0 Å². The summed E-state index contributed by atoms with van der Waals surface area (Å²) in [7, 11) is 0. The maximum absolute atomic E-state index is 12.2. The molecule has 104 valence electrons. The number of amides is 1. The van der Waals surface area contributed by atoms with Crippen molar-refractivity contribution in [2.24, 2.45) is 0 Å². The van der Waals surface area contributed by atoms with Gasteiger partial charge in [-0.2, -0.15) is 5.10 Å². The Labute approximate surface area is 119 Å². The number of hydrazine groups is 1. The average Bonchev–Trinajstić information content (AvgIpc) is 2.54. The van der Waals surface area contributed by atoms with E-state index in [9.17, 15) is 9.59 Å². The molecule has 3 N–H and O–H groups in total. The molecule has 0 atom stereocenters. The Kier molecular flexibility index (Phi) is 3.34. The highest BCUT2D eigenvalue weighted by Crippen LogP contribution is 2.12. The summed E-state index contributed by atoms with van der Waals surface area (Å²) in [5, 5.41) is 7.09. The summed E-state index contributed by atoms with van der Waals surface area (Å²) in [6.07, 6.45) is 0. The third kappa shape index (κ3) is 2.59. The van der Waals surface area contributed by atoms with Gasteiger partial charge < -0.3 is 0 Å². The van der Waals surface area contributed by atoms with E-state index in [-0.39, 0.29) is 11.3 Å². The monoisotopic (exact) mass is 280 g/mol. The number of anilines is 1. The van der Waals surface area contributed by atoms with Crippen molar-refractivity contribution in [1.29, 1.82) is 0 Å². The van der Waals surface area contributed by atoms with Crippen LogP contribution >= 0.6 is 0 Å². The van der Waals surface area contributed by atoms with Gasteiger partial charge in [0.2, 0.25) is 0 Å². The number of carbonyl (C=O) groups is 1. The van der Waals surface area contributed by atoms with E-state index in [0.29, 0.717) is 10.8 Å². The van der Waals surface area contributed by atoms with Gasteiger partial charge >= 0.3 is 0 Å². The molecule has 0 aliphatic carbocycles. The molecule has 1 heterocycles. The molecule has 0 saturated heterocycles. The predicted octanol–water partition coefficient (Wildman–Crippen LogP) is 1.68. The number of rotatable bonds is 3. The SMILES string of the molecule is O=C(NNc1ccccc1)c1n[nH]c(=O)c2ccccc12. The summed E-state index contributed by atoms with van der Waals surface area (Å²) in [6.45, 7) is 0. The number of nitrogens with zero attached hydrogens (tertiary/aromatic N) is 1. The van der Waals surface area contributed by atoms with Crippen LogP contribution in [0.15, 0.2) is 59.4 Å². The van der Waals surface area contributed by atoms with Crippen LogP contribution in [0.4, 0.5) is 5.69 Å². The van der Waals surface area contributed by atoms with Gasteiger partial charge in [-0.1, -0.05) is 36.4 Å². The number of benzene rings is 2. The van der Waals surface area contributed by atoms with E-state index in [1.54, 1.807) is 24.3 Å². The van der Waals surface area contributed by atoms with Crippen LogP contribution in [-0.4, -0.2) is 16.1 Å². The van der Waals surface area contributed by atoms with Crippen molar-refractivity contribution in [2.45, 2.75) is 0 Å². The largest absolute Gasteiger partial charge is 0.298 e. The molecule has 0 radical (unpaired) electrons. The van der Waals surface area contributed by atoms with Gasteiger partial charge in [-0.3, -0.25) is 20.4 Å². The van der Waals surface area contributed by atoms with Crippen molar-refractivity contribution in [3.8, 4) is 0 Å². The fourth-order valence-corrected chi connectivity index (χ4v) is 2.00. The van der Waals surface area contributed by atoms with Crippen LogP contribution < -0.4 is 16.4 Å². The standard InChI is InChI=1S/C15H12N4O2/c20-14-12-9-5-4-8-11(12)13(17-18-14)15(21)19-16-10-6-2-1-3-7-10/h1-9,16H,(H,18,20)(H,19,21). The lowest BCUT2D eigenvalue weighted by molar-refractivity contribution is 0.0958. The Hall–Kier alpha value is -3.15. The number of carbonyl (C=O) groups excluding carboxylic acids is 1. The Morgan fingerprint density at radius 1 is 0.952 bits per heavy atom. The molecule has 6 heteroatoms. The molecule has 0 fully saturated rings. The van der Waals surface area contributed by atoms with E-state index in [1.807, 2.05) is 30.3 Å². The number of hydrogen-bond acceptors (Lipinski definition) is 4. The third-order valence-electron chi connectivity index (χ3n) is 3.01. The molecule has 1 amide bonds. The fraction of sp³-hybridized carbons (Fsp3) is 0. The van der Waals surface area contributed by atoms with Gasteiger partial charge in [0.15, 0.2) is 5.69 Å². The van der Waals surface area contributed by atoms with Gasteiger partial charge in [0, 0.05) is 5.39 Å². The summed E-state index contributed by atoms with van der Waals surface area (Å²) >= 11 is 0. The molecular formula is C15H12N4O2. The van der Waals surface area contributed by atoms with E-state index < -0.39 is 5.91 Å². The highest BCUT2D eigenvalue weighted by atomic mass is 16.2. The number of hydrogen-bond donors (Lipinski definition) is 3. The smallest absolute Gasteiger partial charge is 0.290 e. The lowest BCUT2D eigenvalue weighted by Crippen LogP contribution is -2.31. The fourth-order valence-electron chi connectivity index (χ4n) is 2.00. The van der Waals surface area contributed by atoms with Crippen molar-refractivity contribution in [1.82, 2.24) is 15.6 Å². The number of para-hydroxylation sites is 1. The molecule has 0 aliphatic rings. The first-order valence-corrected chi connectivity index (χ1v) is 6.34. The van der Waals surface area contributed by atoms with E-state index >= 15 is 0 Å². The first-order valence-electron chi connectivity index (χ1n) is 6.34. The lowest BCUT2D eigenvalue weighted by Gasteiger charge is -2.08. The molecular weight excluding hydrogens is 268 g/mol. The lowest BCUT2D eigenvalue weighted by atomic mass is 10.1. The number of aromatic nitrogens is 2. The molecule has 21 heavy (non-hydrogen) atoms. The molecule has 0 aliphatic heterocycles. The summed E-state index contributed by atoms with van der Waals surface area (Å²) < 4.78 is 0. The molecule has 1 aromatic heterocycles. The van der Waals surface area contributed by atoms with Gasteiger partial charge in [0.25, 0.3) is 11.5 Å². The van der Waals surface area contributed by atoms with Crippen molar-refractivity contribution in [2.75, 3.05) is 5.43 Å². The first-order chi connectivity index (χ1) is 10.3. The number of H-pyrrole nitrogens is 1. The summed E-state index contributed by atoms with van der Waals surface area (Å²) in [6, 6.07) is 16.0. The molecule has 2 aromatic carbocycles. The van der Waals surface area contributed by atoms with Gasteiger partial charge in [0.05, 0.1) is 11.1 Å². The second-order valence-corrected chi connectivity index (χ2v) is 4.39. The summed E-state index contributed by atoms with van der Waals surface area (Å²) in [5.74, 6) is -0.425. The van der Waals surface area contributed by atoms with E-state index in [4.69, 9.17) is 0 Å². The Morgan fingerprint density at radius 3 is 2.38 bits per heavy atom. The second kappa shape index (κ2) is 5.46. The zero-order valence-electron chi connectivity index (χ0n) is 11.0. The highest BCUT2D eigenvalue weighted by molar-refractivity contribution is 6.05. The molecule has 3 aromatic rings. The maximum atomic E-state index is 12.2. The summed E-state index contributed by atoms with van der Waals surface area (Å²) in [4.78, 5) is 23.9. The Balaban J connectivity index is 1.89. The van der Waals surface area contributed by atoms with Gasteiger partial charge in [-0.15, -0.1) is 0 Å². The van der Waals surface area contributed by atoms with Crippen molar-refractivity contribution < 1.29 is 4.79 Å². The van der Waals surface area contributed by atoms with Crippen molar-refractivity contribution >= 4 is 22.4 Å². The van der Waals surface area contributed by atoms with Crippen LogP contribution in [-0.2, 0) is 0 Å². The molecule has 0 unspecified atom stereocenters. The van der Waals surface area contributed by atoms with Gasteiger partial charge in [0.1, 0.15) is 0 Å². The quantitative estimate of drug-likeness (QED) is 0.637. The van der Waals surface area contributed by atoms with E-state index in [0.717, 1.165) is 5.69 Å². The van der Waals surface area contributed by atoms with E-state index in [1.165, 1.54) is 0 Å². The third-order valence-corrected chi connectivity index (χ3v) is 3.01. The maximum Gasteiger partial charge on any atom is 0.290 e. The average molecular weight is 280 g/mol. The predicted molar refractivity (Wildman–Crippen MR) is 79.9 cm³/mol. The molecule has 6 nitrogen and oxygen atoms in total. The Bertz CT molecular complexity index is 843. The van der Waals surface area contributed by atoms with Crippen LogP contribution in [0.5, 0.6) is 0 Å². The van der Waals surface area contributed by atoms with E-state index in [2.05, 4.69) is 21.0 Å². The summed E-state index contributed by atoms with van der Waals surface area (Å²) in [5.41, 5.74) is 5.93. The topological polar surface area (TPSA) is 86.9 Å². The van der Waals surface area contributed by atoms with Crippen LogP contribution in [0.3, 0.4) is 0 Å². The minimum Gasteiger partial charge on any atom is -0.298 e. The number of nitrogens with one attached hydrogen (secondary N) is 3. The molecule has 0 bridgehead atoms. The molecule has 3 rings (SSSR count). The molecule has 0 spiro atoms. The number of aromatic amines is 1. The minimum atomic E-state index is -0.425. The zero-order valence-corrected chi connectivity index (χ0v) is 11.0. The van der Waals surface area contributed by atoms with Gasteiger partial charge in [-0.25, -0.2) is 5.10 Å². The molecule has 0 saturated carbocycles. The van der Waals surface area contributed by atoms with Crippen LogP contribution in [0.1, 0.15) is 10.5 Å². The van der Waals surface area contributed by atoms with Crippen molar-refractivity contribution in [3.63, 3.8) is 0 Å². The van der Waals surface area contributed by atoms with Gasteiger partial charge in [-0.05, 0) is 18.2 Å².